The first-order valence-corrected chi connectivity index (χ1v) is 11.2. The predicted molar refractivity (Wildman–Crippen MR) is 116 cm³/mol. The van der Waals surface area contributed by atoms with E-state index < -0.39 is 40.4 Å². The van der Waals surface area contributed by atoms with Crippen molar-refractivity contribution in [3.8, 4) is 0 Å². The quantitative estimate of drug-likeness (QED) is 0.369. The molecule has 3 aliphatic rings. The number of ether oxygens (including phenoxy) is 3. The van der Waals surface area contributed by atoms with Crippen molar-refractivity contribution in [1.82, 2.24) is 0 Å². The van der Waals surface area contributed by atoms with Crippen molar-refractivity contribution in [3.05, 3.63) is 23.8 Å². The summed E-state index contributed by atoms with van der Waals surface area (Å²) in [4.78, 5) is 50.6. The van der Waals surface area contributed by atoms with Gasteiger partial charge < -0.3 is 14.2 Å². The summed E-state index contributed by atoms with van der Waals surface area (Å²) in [7, 11) is 1.38. The Kier molecular flexibility index (Phi) is 6.17. The van der Waals surface area contributed by atoms with Gasteiger partial charge in [-0.25, -0.2) is 0 Å². The Morgan fingerprint density at radius 3 is 2.22 bits per heavy atom. The van der Waals surface area contributed by atoms with E-state index >= 15 is 0 Å². The number of ketones is 1. The van der Waals surface area contributed by atoms with Crippen LogP contribution in [0.3, 0.4) is 0 Å². The van der Waals surface area contributed by atoms with Gasteiger partial charge in [-0.3, -0.25) is 19.2 Å². The van der Waals surface area contributed by atoms with E-state index in [0.29, 0.717) is 24.8 Å². The first-order chi connectivity index (χ1) is 14.8. The molecule has 3 rings (SSSR count). The molecule has 1 fully saturated rings. The second-order valence-electron chi connectivity index (χ2n) is 10.1. The zero-order chi connectivity index (χ0) is 24.1. The number of rotatable bonds is 4. The molecule has 0 saturated heterocycles. The molecule has 3 unspecified atom stereocenters. The third kappa shape index (κ3) is 3.50. The van der Waals surface area contributed by atoms with Crippen LogP contribution in [0.5, 0.6) is 0 Å². The molecule has 3 aliphatic carbocycles. The topological polar surface area (TPSA) is 96.0 Å². The fourth-order valence-corrected chi connectivity index (χ4v) is 6.42. The zero-order valence-electron chi connectivity index (χ0n) is 19.9. The molecule has 6 atom stereocenters. The van der Waals surface area contributed by atoms with E-state index in [4.69, 9.17) is 14.2 Å². The van der Waals surface area contributed by atoms with Crippen LogP contribution in [-0.4, -0.2) is 43.0 Å². The summed E-state index contributed by atoms with van der Waals surface area (Å²) >= 11 is 0. The highest BCUT2D eigenvalue weighted by atomic mass is 16.5. The molecule has 0 heterocycles. The molecule has 7 heteroatoms. The van der Waals surface area contributed by atoms with Crippen molar-refractivity contribution < 1.29 is 33.4 Å². The summed E-state index contributed by atoms with van der Waals surface area (Å²) in [5, 5.41) is 0. The lowest BCUT2D eigenvalue weighted by molar-refractivity contribution is -0.168. The predicted octanol–water partition coefficient (Wildman–Crippen LogP) is 3.70. The first kappa shape index (κ1) is 24.2. The number of hydrogen-bond acceptors (Lipinski definition) is 7. The van der Waals surface area contributed by atoms with E-state index in [2.05, 4.69) is 13.5 Å². The molecular formula is C25H34O7. The third-order valence-corrected chi connectivity index (χ3v) is 8.20. The molecule has 0 aliphatic heterocycles. The van der Waals surface area contributed by atoms with Crippen LogP contribution in [0.15, 0.2) is 23.8 Å². The number of Topliss-reactive ketones (excluding diaryl/α,β-unsaturated/α-hetero) is 1. The molecule has 1 saturated carbocycles. The fraction of sp³-hybridized carbons (Fsp3) is 0.680. The molecule has 0 radical (unpaired) electrons. The summed E-state index contributed by atoms with van der Waals surface area (Å²) < 4.78 is 16.5. The van der Waals surface area contributed by atoms with Crippen LogP contribution >= 0.6 is 0 Å². The molecule has 0 amide bonds. The molecule has 7 nitrogen and oxygen atoms in total. The van der Waals surface area contributed by atoms with Gasteiger partial charge in [0.25, 0.3) is 0 Å². The Labute approximate surface area is 189 Å². The Morgan fingerprint density at radius 1 is 1.06 bits per heavy atom. The standard InChI is InChI=1S/C25H34O7/c1-8-23(4)19(32-15(3)27)12-16-20(21(23)28)17(31-14(2)26)13-18-24(16,5)10-9-11-25(18,6)22(29)30-7/h8,17-19H,1,9-13H2,2-7H3/t17?,18?,19?,23-,24+,25+/m0/s1. The van der Waals surface area contributed by atoms with Gasteiger partial charge >= 0.3 is 17.9 Å². The van der Waals surface area contributed by atoms with Gasteiger partial charge in [0.2, 0.25) is 0 Å². The van der Waals surface area contributed by atoms with Crippen LogP contribution in [0.25, 0.3) is 0 Å². The minimum atomic E-state index is -1.13. The van der Waals surface area contributed by atoms with Crippen LogP contribution in [-0.2, 0) is 33.4 Å². The van der Waals surface area contributed by atoms with E-state index in [9.17, 15) is 19.2 Å². The van der Waals surface area contributed by atoms with E-state index in [1.807, 2.05) is 6.92 Å². The molecule has 0 aromatic heterocycles. The second kappa shape index (κ2) is 8.16. The first-order valence-electron chi connectivity index (χ1n) is 11.2. The number of carbonyl (C=O) groups is 4. The molecule has 32 heavy (non-hydrogen) atoms. The SMILES string of the molecule is C=C[C@]1(C)C(=O)C2=C(CC1OC(C)=O)[C@@]1(C)CCC[C@@](C)(C(=O)OC)C1CC2OC(C)=O. The molecule has 0 spiro atoms. The van der Waals surface area contributed by atoms with Crippen LogP contribution < -0.4 is 0 Å². The number of fused-ring (bicyclic) bond motifs is 2. The van der Waals surface area contributed by atoms with Gasteiger partial charge in [0.1, 0.15) is 12.2 Å². The summed E-state index contributed by atoms with van der Waals surface area (Å²) in [6.45, 7) is 12.2. The second-order valence-corrected chi connectivity index (χ2v) is 10.1. The van der Waals surface area contributed by atoms with E-state index in [1.165, 1.54) is 27.0 Å². The maximum Gasteiger partial charge on any atom is 0.311 e. The van der Waals surface area contributed by atoms with Gasteiger partial charge in [-0.2, -0.15) is 0 Å². The molecule has 0 N–H and O–H groups in total. The Bertz CT molecular complexity index is 902. The van der Waals surface area contributed by atoms with Crippen LogP contribution in [0.4, 0.5) is 0 Å². The van der Waals surface area contributed by atoms with Crippen molar-refractivity contribution >= 4 is 23.7 Å². The highest BCUT2D eigenvalue weighted by Crippen LogP contribution is 2.63. The minimum absolute atomic E-state index is 0.196. The maximum atomic E-state index is 13.9. The zero-order valence-corrected chi connectivity index (χ0v) is 19.9. The Balaban J connectivity index is 2.24. The summed E-state index contributed by atoms with van der Waals surface area (Å²) in [6.07, 6.45) is 2.94. The molecule has 0 aromatic rings. The molecule has 0 bridgehead atoms. The lowest BCUT2D eigenvalue weighted by Gasteiger charge is -2.58. The largest absolute Gasteiger partial charge is 0.469 e. The summed E-state index contributed by atoms with van der Waals surface area (Å²) in [5.41, 5.74) is -1.11. The highest BCUT2D eigenvalue weighted by Gasteiger charge is 2.62. The van der Waals surface area contributed by atoms with Gasteiger partial charge in [0, 0.05) is 25.8 Å². The van der Waals surface area contributed by atoms with E-state index in [0.717, 1.165) is 18.4 Å². The number of methoxy groups -OCH3 is 1. The fourth-order valence-electron chi connectivity index (χ4n) is 6.42. The normalized spacial score (nSPS) is 38.8. The molecular weight excluding hydrogens is 412 g/mol. The smallest absolute Gasteiger partial charge is 0.311 e. The van der Waals surface area contributed by atoms with Crippen molar-refractivity contribution in [3.63, 3.8) is 0 Å². The number of esters is 3. The third-order valence-electron chi connectivity index (χ3n) is 8.20. The maximum absolute atomic E-state index is 13.9. The Morgan fingerprint density at radius 2 is 1.69 bits per heavy atom. The average Bonchev–Trinajstić information content (AvgIpc) is 2.71. The van der Waals surface area contributed by atoms with Gasteiger partial charge in [-0.1, -0.05) is 19.4 Å². The van der Waals surface area contributed by atoms with Crippen molar-refractivity contribution in [1.29, 1.82) is 0 Å². The molecule has 176 valence electrons. The van der Waals surface area contributed by atoms with Crippen molar-refractivity contribution in [2.24, 2.45) is 22.2 Å². The monoisotopic (exact) mass is 446 g/mol. The number of carbonyl (C=O) groups excluding carboxylic acids is 4. The Hall–Kier alpha value is -2.44. The van der Waals surface area contributed by atoms with Crippen LogP contribution in [0.1, 0.15) is 66.7 Å². The molecule has 0 aromatic carbocycles. The van der Waals surface area contributed by atoms with Crippen LogP contribution in [0.2, 0.25) is 0 Å². The van der Waals surface area contributed by atoms with Gasteiger partial charge in [0.15, 0.2) is 5.78 Å². The van der Waals surface area contributed by atoms with E-state index in [-0.39, 0.29) is 17.7 Å². The van der Waals surface area contributed by atoms with Crippen LogP contribution in [0, 0.1) is 22.2 Å². The van der Waals surface area contributed by atoms with Gasteiger partial charge in [0.05, 0.1) is 17.9 Å². The highest BCUT2D eigenvalue weighted by molar-refractivity contribution is 6.04. The van der Waals surface area contributed by atoms with Crippen molar-refractivity contribution in [2.45, 2.75) is 78.9 Å². The number of hydrogen-bond donors (Lipinski definition) is 0. The lowest BCUT2D eigenvalue weighted by atomic mass is 9.46. The average molecular weight is 447 g/mol. The van der Waals surface area contributed by atoms with E-state index in [1.54, 1.807) is 6.92 Å². The summed E-state index contributed by atoms with van der Waals surface area (Å²) in [5.74, 6) is -1.70. The minimum Gasteiger partial charge on any atom is -0.469 e. The lowest BCUT2D eigenvalue weighted by Crippen LogP contribution is -2.58. The van der Waals surface area contributed by atoms with Gasteiger partial charge in [-0.05, 0) is 50.0 Å². The van der Waals surface area contributed by atoms with Gasteiger partial charge in [-0.15, -0.1) is 6.58 Å². The summed E-state index contributed by atoms with van der Waals surface area (Å²) in [6, 6.07) is 0. The van der Waals surface area contributed by atoms with Crippen molar-refractivity contribution in [2.75, 3.05) is 7.11 Å².